The van der Waals surface area contributed by atoms with Gasteiger partial charge in [0.25, 0.3) is 0 Å². The average molecular weight is 341 g/mol. The normalized spacial score (nSPS) is 27.6. The van der Waals surface area contributed by atoms with Gasteiger partial charge in [-0.1, -0.05) is 70.0 Å². The second kappa shape index (κ2) is 5.28. The number of alkyl halides is 1. The molecule has 2 aromatic carbocycles. The summed E-state index contributed by atoms with van der Waals surface area (Å²) in [4.78, 5) is 0.612. The molecule has 4 unspecified atom stereocenters. The zero-order valence-electron chi connectivity index (χ0n) is 12.4. The van der Waals surface area contributed by atoms with Crippen LogP contribution in [0.4, 0.5) is 0 Å². The Morgan fingerprint density at radius 3 is 2.67 bits per heavy atom. The lowest BCUT2D eigenvalue weighted by atomic mass is 9.92. The molecule has 2 aromatic rings. The molecule has 0 radical (unpaired) electrons. The van der Waals surface area contributed by atoms with Gasteiger partial charge in [-0.3, -0.25) is 0 Å². The predicted molar refractivity (Wildman–Crippen MR) is 92.1 cm³/mol. The fourth-order valence-corrected chi connectivity index (χ4v) is 5.29. The van der Waals surface area contributed by atoms with E-state index < -0.39 is 0 Å². The van der Waals surface area contributed by atoms with Gasteiger partial charge in [-0.05, 0) is 60.6 Å². The van der Waals surface area contributed by atoms with Crippen molar-refractivity contribution in [1.82, 2.24) is 0 Å². The quantitative estimate of drug-likeness (QED) is 0.667. The first-order valence-corrected chi connectivity index (χ1v) is 8.93. The SMILES string of the molecule is Cc1ccc(CC(Br)C2C3CCc4ccccc4C32)cc1. The molecule has 108 valence electrons. The van der Waals surface area contributed by atoms with Crippen LogP contribution >= 0.6 is 15.9 Å². The Kier molecular flexibility index (Phi) is 3.41. The maximum Gasteiger partial charge on any atom is 0.0223 e. The summed E-state index contributed by atoms with van der Waals surface area (Å²) in [6, 6.07) is 18.1. The van der Waals surface area contributed by atoms with Crippen LogP contribution in [0.15, 0.2) is 48.5 Å². The zero-order valence-corrected chi connectivity index (χ0v) is 14.0. The molecule has 0 saturated heterocycles. The van der Waals surface area contributed by atoms with Crippen LogP contribution in [0.5, 0.6) is 0 Å². The highest BCUT2D eigenvalue weighted by molar-refractivity contribution is 9.09. The smallest absolute Gasteiger partial charge is 0.0223 e. The van der Waals surface area contributed by atoms with Crippen LogP contribution in [0.3, 0.4) is 0 Å². The monoisotopic (exact) mass is 340 g/mol. The Hall–Kier alpha value is -1.08. The topological polar surface area (TPSA) is 0 Å². The van der Waals surface area contributed by atoms with Crippen molar-refractivity contribution in [2.24, 2.45) is 11.8 Å². The summed E-state index contributed by atoms with van der Waals surface area (Å²) in [6.45, 7) is 2.15. The number of rotatable bonds is 3. The van der Waals surface area contributed by atoms with Gasteiger partial charge in [-0.2, -0.15) is 0 Å². The van der Waals surface area contributed by atoms with E-state index in [0.717, 1.165) is 24.2 Å². The van der Waals surface area contributed by atoms with E-state index in [4.69, 9.17) is 0 Å². The van der Waals surface area contributed by atoms with Gasteiger partial charge in [0.15, 0.2) is 0 Å². The number of hydrogen-bond donors (Lipinski definition) is 0. The van der Waals surface area contributed by atoms with Crippen molar-refractivity contribution in [2.45, 2.75) is 36.9 Å². The van der Waals surface area contributed by atoms with Crippen LogP contribution in [0, 0.1) is 18.8 Å². The molecule has 1 saturated carbocycles. The van der Waals surface area contributed by atoms with Gasteiger partial charge in [-0.25, -0.2) is 0 Å². The summed E-state index contributed by atoms with van der Waals surface area (Å²) < 4.78 is 0. The first-order chi connectivity index (χ1) is 10.2. The van der Waals surface area contributed by atoms with E-state index in [2.05, 4.69) is 71.4 Å². The fraction of sp³-hybridized carbons (Fsp3) is 0.400. The third-order valence-corrected chi connectivity index (χ3v) is 6.29. The fourth-order valence-electron chi connectivity index (χ4n) is 4.20. The number of halogens is 1. The van der Waals surface area contributed by atoms with Gasteiger partial charge in [-0.15, -0.1) is 0 Å². The van der Waals surface area contributed by atoms with E-state index >= 15 is 0 Å². The summed E-state index contributed by atoms with van der Waals surface area (Å²) in [5, 5.41) is 0. The molecular weight excluding hydrogens is 320 g/mol. The van der Waals surface area contributed by atoms with E-state index in [1.165, 1.54) is 24.0 Å². The molecule has 0 nitrogen and oxygen atoms in total. The summed E-state index contributed by atoms with van der Waals surface area (Å²) in [7, 11) is 0. The predicted octanol–water partition coefficient (Wildman–Crippen LogP) is 5.28. The Labute approximate surface area is 135 Å². The van der Waals surface area contributed by atoms with Crippen LogP contribution in [-0.4, -0.2) is 4.83 Å². The lowest BCUT2D eigenvalue weighted by Crippen LogP contribution is -2.07. The van der Waals surface area contributed by atoms with Crippen LogP contribution in [0.25, 0.3) is 0 Å². The van der Waals surface area contributed by atoms with Gasteiger partial charge < -0.3 is 0 Å². The minimum Gasteiger partial charge on any atom is -0.0884 e. The molecule has 2 aliphatic carbocycles. The van der Waals surface area contributed by atoms with Gasteiger partial charge in [0.2, 0.25) is 0 Å². The average Bonchev–Trinajstić information content (AvgIpc) is 3.25. The minimum absolute atomic E-state index is 0.612. The summed E-state index contributed by atoms with van der Waals surface area (Å²) in [6.07, 6.45) is 3.81. The van der Waals surface area contributed by atoms with Crippen molar-refractivity contribution in [3.8, 4) is 0 Å². The van der Waals surface area contributed by atoms with E-state index in [1.54, 1.807) is 11.1 Å². The number of fused-ring (bicyclic) bond motifs is 3. The molecule has 0 N–H and O–H groups in total. The molecule has 0 spiro atoms. The van der Waals surface area contributed by atoms with Gasteiger partial charge in [0, 0.05) is 4.83 Å². The molecular formula is C20H21Br. The Bertz CT molecular complexity index is 643. The molecule has 4 atom stereocenters. The number of hydrogen-bond acceptors (Lipinski definition) is 0. The Balaban J connectivity index is 1.50. The van der Waals surface area contributed by atoms with Crippen LogP contribution < -0.4 is 0 Å². The maximum atomic E-state index is 4.00. The van der Waals surface area contributed by atoms with Crippen molar-refractivity contribution in [2.75, 3.05) is 0 Å². The lowest BCUT2D eigenvalue weighted by Gasteiger charge is -2.13. The first-order valence-electron chi connectivity index (χ1n) is 8.01. The molecule has 0 aromatic heterocycles. The second-order valence-corrected chi connectivity index (χ2v) is 7.89. The van der Waals surface area contributed by atoms with Gasteiger partial charge in [0.05, 0.1) is 0 Å². The Morgan fingerprint density at radius 1 is 1.10 bits per heavy atom. The largest absolute Gasteiger partial charge is 0.0884 e. The highest BCUT2D eigenvalue weighted by Crippen LogP contribution is 2.62. The van der Waals surface area contributed by atoms with Gasteiger partial charge in [0.1, 0.15) is 0 Å². The molecule has 0 heterocycles. The van der Waals surface area contributed by atoms with E-state index in [0.29, 0.717) is 4.83 Å². The first kappa shape index (κ1) is 13.6. The standard InChI is InChI=1S/C20H21Br/c1-13-6-8-14(9-7-13)12-18(21)20-17-11-10-15-4-2-3-5-16(15)19(17)20/h2-9,17-20H,10-12H2,1H3. The van der Waals surface area contributed by atoms with E-state index in [1.807, 2.05) is 0 Å². The molecule has 21 heavy (non-hydrogen) atoms. The highest BCUT2D eigenvalue weighted by Gasteiger charge is 2.55. The van der Waals surface area contributed by atoms with Gasteiger partial charge >= 0.3 is 0 Å². The lowest BCUT2D eigenvalue weighted by molar-refractivity contribution is 0.617. The second-order valence-electron chi connectivity index (χ2n) is 6.71. The highest BCUT2D eigenvalue weighted by atomic mass is 79.9. The summed E-state index contributed by atoms with van der Waals surface area (Å²) in [5.41, 5.74) is 6.03. The summed E-state index contributed by atoms with van der Waals surface area (Å²) >= 11 is 4.00. The molecule has 0 amide bonds. The molecule has 4 rings (SSSR count). The van der Waals surface area contributed by atoms with Crippen molar-refractivity contribution in [1.29, 1.82) is 0 Å². The van der Waals surface area contributed by atoms with Crippen molar-refractivity contribution < 1.29 is 0 Å². The maximum absolute atomic E-state index is 4.00. The number of aryl methyl sites for hydroxylation is 2. The third kappa shape index (κ3) is 2.46. The van der Waals surface area contributed by atoms with E-state index in [9.17, 15) is 0 Å². The van der Waals surface area contributed by atoms with Crippen LogP contribution in [-0.2, 0) is 12.8 Å². The molecule has 0 bridgehead atoms. The molecule has 0 aliphatic heterocycles. The van der Waals surface area contributed by atoms with Crippen LogP contribution in [0.1, 0.15) is 34.6 Å². The minimum atomic E-state index is 0.612. The van der Waals surface area contributed by atoms with Crippen molar-refractivity contribution in [3.05, 3.63) is 70.8 Å². The zero-order chi connectivity index (χ0) is 14.4. The summed E-state index contributed by atoms with van der Waals surface area (Å²) in [5.74, 6) is 2.55. The third-order valence-electron chi connectivity index (χ3n) is 5.36. The molecule has 1 heteroatoms. The molecule has 1 fully saturated rings. The Morgan fingerprint density at radius 2 is 1.86 bits per heavy atom. The van der Waals surface area contributed by atoms with Crippen molar-refractivity contribution >= 4 is 15.9 Å². The van der Waals surface area contributed by atoms with Crippen molar-refractivity contribution in [3.63, 3.8) is 0 Å². The number of benzene rings is 2. The molecule has 2 aliphatic rings. The van der Waals surface area contributed by atoms with E-state index in [-0.39, 0.29) is 0 Å². The van der Waals surface area contributed by atoms with Crippen LogP contribution in [0.2, 0.25) is 0 Å².